The zero-order chi connectivity index (χ0) is 21.5. The van der Waals surface area contributed by atoms with E-state index in [1.807, 2.05) is 35.8 Å². The summed E-state index contributed by atoms with van der Waals surface area (Å²) >= 11 is 7.01. The van der Waals surface area contributed by atoms with Crippen molar-refractivity contribution in [1.29, 1.82) is 0 Å². The molecule has 0 bridgehead atoms. The van der Waals surface area contributed by atoms with Crippen molar-refractivity contribution >= 4 is 35.0 Å². The van der Waals surface area contributed by atoms with E-state index in [9.17, 15) is 9.18 Å². The molecule has 1 heterocycles. The molecule has 2 aromatic carbocycles. The zero-order valence-corrected chi connectivity index (χ0v) is 18.3. The second-order valence-corrected chi connectivity index (χ2v) is 7.74. The molecule has 9 heteroatoms. The van der Waals surface area contributed by atoms with Gasteiger partial charge in [-0.15, -0.1) is 10.2 Å². The van der Waals surface area contributed by atoms with Crippen LogP contribution in [0.3, 0.4) is 0 Å². The molecule has 0 fully saturated rings. The second kappa shape index (κ2) is 10.4. The Kier molecular flexibility index (Phi) is 7.70. The van der Waals surface area contributed by atoms with Crippen molar-refractivity contribution in [3.05, 3.63) is 64.7 Å². The Labute approximate surface area is 183 Å². The largest absolute Gasteiger partial charge is 0.486 e. The third kappa shape index (κ3) is 5.73. The van der Waals surface area contributed by atoms with E-state index >= 15 is 0 Å². The van der Waals surface area contributed by atoms with Crippen LogP contribution in [0.5, 0.6) is 5.75 Å². The molecule has 3 rings (SSSR count). The van der Waals surface area contributed by atoms with Crippen LogP contribution in [0.25, 0.3) is 0 Å². The summed E-state index contributed by atoms with van der Waals surface area (Å²) in [4.78, 5) is 12.2. The van der Waals surface area contributed by atoms with Crippen molar-refractivity contribution in [2.24, 2.45) is 0 Å². The van der Waals surface area contributed by atoms with Crippen LogP contribution in [0.2, 0.25) is 5.02 Å². The van der Waals surface area contributed by atoms with Gasteiger partial charge in [-0.05, 0) is 49.2 Å². The summed E-state index contributed by atoms with van der Waals surface area (Å²) < 4.78 is 20.9. The Balaban J connectivity index is 1.56. The van der Waals surface area contributed by atoms with Gasteiger partial charge in [0.05, 0.1) is 10.8 Å². The lowest BCUT2D eigenvalue weighted by Crippen LogP contribution is -2.15. The number of nitrogens with zero attached hydrogens (tertiary/aromatic N) is 3. The number of hydrogen-bond acceptors (Lipinski definition) is 5. The fourth-order valence-corrected chi connectivity index (χ4v) is 3.72. The molecule has 6 nitrogen and oxygen atoms in total. The lowest BCUT2D eigenvalue weighted by Gasteiger charge is -2.09. The lowest BCUT2D eigenvalue weighted by molar-refractivity contribution is -0.113. The van der Waals surface area contributed by atoms with Gasteiger partial charge in [0.1, 0.15) is 18.2 Å². The van der Waals surface area contributed by atoms with Gasteiger partial charge in [-0.25, -0.2) is 4.39 Å². The minimum Gasteiger partial charge on any atom is -0.486 e. The molecule has 0 saturated heterocycles. The zero-order valence-electron chi connectivity index (χ0n) is 16.7. The number of hydrogen-bond donors (Lipinski definition) is 1. The fourth-order valence-electron chi connectivity index (χ4n) is 2.72. The van der Waals surface area contributed by atoms with E-state index in [4.69, 9.17) is 16.3 Å². The average molecular weight is 449 g/mol. The summed E-state index contributed by atoms with van der Waals surface area (Å²) in [7, 11) is 0. The first kappa shape index (κ1) is 22.1. The highest BCUT2D eigenvalue weighted by Gasteiger charge is 2.14. The Morgan fingerprint density at radius 1 is 1.20 bits per heavy atom. The lowest BCUT2D eigenvalue weighted by atomic mass is 10.2. The van der Waals surface area contributed by atoms with E-state index in [0.717, 1.165) is 12.2 Å². The Hall–Kier alpha value is -2.58. The maximum atomic E-state index is 13.2. The molecule has 0 spiro atoms. The van der Waals surface area contributed by atoms with Crippen molar-refractivity contribution < 1.29 is 13.9 Å². The first-order valence-electron chi connectivity index (χ1n) is 9.51. The smallest absolute Gasteiger partial charge is 0.234 e. The standard InChI is InChI=1S/C21H22ClFN4O2S/c1-3-14-5-8-16(9-6-14)29-12-19-25-26-21(27(19)4-2)30-13-20(28)24-15-7-10-18(23)17(22)11-15/h5-11H,3-4,12-13H2,1-2H3,(H,24,28). The van der Waals surface area contributed by atoms with Crippen molar-refractivity contribution in [2.75, 3.05) is 11.1 Å². The van der Waals surface area contributed by atoms with E-state index in [0.29, 0.717) is 23.2 Å². The number of thioether (sulfide) groups is 1. The van der Waals surface area contributed by atoms with Crippen LogP contribution >= 0.6 is 23.4 Å². The highest BCUT2D eigenvalue weighted by molar-refractivity contribution is 7.99. The third-order valence-corrected chi connectivity index (χ3v) is 5.60. The number of halogens is 2. The first-order valence-corrected chi connectivity index (χ1v) is 10.9. The van der Waals surface area contributed by atoms with Gasteiger partial charge in [-0.1, -0.05) is 42.4 Å². The molecular weight excluding hydrogens is 427 g/mol. The number of aryl methyl sites for hydroxylation is 1. The van der Waals surface area contributed by atoms with Gasteiger partial charge in [0, 0.05) is 12.2 Å². The summed E-state index contributed by atoms with van der Waals surface area (Å²) in [6, 6.07) is 12.0. The molecule has 0 aliphatic carbocycles. The van der Waals surface area contributed by atoms with Crippen LogP contribution < -0.4 is 10.1 Å². The number of ether oxygens (including phenoxy) is 1. The van der Waals surface area contributed by atoms with Gasteiger partial charge >= 0.3 is 0 Å². The van der Waals surface area contributed by atoms with Gasteiger partial charge < -0.3 is 14.6 Å². The molecule has 1 N–H and O–H groups in total. The number of carbonyl (C=O) groups excluding carboxylic acids is 1. The van der Waals surface area contributed by atoms with Gasteiger partial charge in [-0.2, -0.15) is 0 Å². The molecule has 0 aliphatic rings. The van der Waals surface area contributed by atoms with Gasteiger partial charge in [-0.3, -0.25) is 4.79 Å². The second-order valence-electron chi connectivity index (χ2n) is 6.39. The summed E-state index contributed by atoms with van der Waals surface area (Å²) in [5.74, 6) is 0.805. The van der Waals surface area contributed by atoms with Crippen molar-refractivity contribution in [3.63, 3.8) is 0 Å². The Bertz CT molecular complexity index is 1010. The Morgan fingerprint density at radius 3 is 2.63 bits per heavy atom. The van der Waals surface area contributed by atoms with Crippen LogP contribution in [0, 0.1) is 5.82 Å². The highest BCUT2D eigenvalue weighted by Crippen LogP contribution is 2.22. The molecular formula is C21H22ClFN4O2S. The SMILES string of the molecule is CCc1ccc(OCc2nnc(SCC(=O)Nc3ccc(F)c(Cl)c3)n2CC)cc1. The summed E-state index contributed by atoms with van der Waals surface area (Å²) in [6.07, 6.45) is 0.979. The normalized spacial score (nSPS) is 10.8. The van der Waals surface area contributed by atoms with Crippen molar-refractivity contribution in [1.82, 2.24) is 14.8 Å². The predicted molar refractivity (Wildman–Crippen MR) is 117 cm³/mol. The molecule has 1 amide bonds. The van der Waals surface area contributed by atoms with Gasteiger partial charge in [0.15, 0.2) is 11.0 Å². The van der Waals surface area contributed by atoms with E-state index in [2.05, 4.69) is 22.4 Å². The van der Waals surface area contributed by atoms with Crippen LogP contribution in [-0.4, -0.2) is 26.4 Å². The molecule has 158 valence electrons. The summed E-state index contributed by atoms with van der Waals surface area (Å²) in [5, 5.41) is 11.6. The molecule has 0 unspecified atom stereocenters. The van der Waals surface area contributed by atoms with Gasteiger partial charge in [0.2, 0.25) is 5.91 Å². The third-order valence-electron chi connectivity index (χ3n) is 4.34. The van der Waals surface area contributed by atoms with E-state index < -0.39 is 5.82 Å². The number of carbonyl (C=O) groups is 1. The fraction of sp³-hybridized carbons (Fsp3) is 0.286. The van der Waals surface area contributed by atoms with Crippen molar-refractivity contribution in [3.8, 4) is 5.75 Å². The molecule has 0 radical (unpaired) electrons. The number of anilines is 1. The van der Waals surface area contributed by atoms with E-state index in [1.54, 1.807) is 0 Å². The summed E-state index contributed by atoms with van der Waals surface area (Å²) in [6.45, 7) is 5.02. The average Bonchev–Trinajstić information content (AvgIpc) is 3.15. The number of amides is 1. The quantitative estimate of drug-likeness (QED) is 0.468. The maximum Gasteiger partial charge on any atom is 0.234 e. The van der Waals surface area contributed by atoms with Crippen LogP contribution in [-0.2, 0) is 24.4 Å². The molecule has 0 aliphatic heterocycles. The Morgan fingerprint density at radius 2 is 1.97 bits per heavy atom. The molecule has 1 aromatic heterocycles. The van der Waals surface area contributed by atoms with Crippen LogP contribution in [0.4, 0.5) is 10.1 Å². The topological polar surface area (TPSA) is 69.0 Å². The minimum absolute atomic E-state index is 0.0415. The van der Waals surface area contributed by atoms with E-state index in [1.165, 1.54) is 35.5 Å². The molecule has 0 saturated carbocycles. The number of rotatable bonds is 9. The molecule has 3 aromatic rings. The van der Waals surface area contributed by atoms with E-state index in [-0.39, 0.29) is 23.3 Å². The number of nitrogens with one attached hydrogen (secondary N) is 1. The van der Waals surface area contributed by atoms with Gasteiger partial charge in [0.25, 0.3) is 0 Å². The predicted octanol–water partition coefficient (Wildman–Crippen LogP) is 4.96. The number of benzene rings is 2. The monoisotopic (exact) mass is 448 g/mol. The molecule has 30 heavy (non-hydrogen) atoms. The minimum atomic E-state index is -0.531. The maximum absolute atomic E-state index is 13.2. The van der Waals surface area contributed by atoms with Crippen molar-refractivity contribution in [2.45, 2.75) is 38.6 Å². The molecule has 0 atom stereocenters. The van der Waals surface area contributed by atoms with Crippen LogP contribution in [0.1, 0.15) is 25.2 Å². The van der Waals surface area contributed by atoms with Crippen LogP contribution in [0.15, 0.2) is 47.6 Å². The first-order chi connectivity index (χ1) is 14.5. The summed E-state index contributed by atoms with van der Waals surface area (Å²) in [5.41, 5.74) is 1.69. The number of aromatic nitrogens is 3. The highest BCUT2D eigenvalue weighted by atomic mass is 35.5.